The van der Waals surface area contributed by atoms with Crippen molar-refractivity contribution in [3.05, 3.63) is 71.3 Å². The Kier molecular flexibility index (Phi) is 6.08. The SMILES string of the molecule is CC1CN(c2nc(Cc3ccc(F)cc3)ns2)CCN1C(=O)Nc1ccc(F)cc1F. The number of benzene rings is 2. The quantitative estimate of drug-likeness (QED) is 0.648. The van der Waals surface area contributed by atoms with Gasteiger partial charge in [-0.25, -0.2) is 22.9 Å². The number of aromatic nitrogens is 2. The minimum Gasteiger partial charge on any atom is -0.343 e. The van der Waals surface area contributed by atoms with Crippen LogP contribution in [0.5, 0.6) is 0 Å². The van der Waals surface area contributed by atoms with Crippen molar-refractivity contribution in [2.75, 3.05) is 29.9 Å². The summed E-state index contributed by atoms with van der Waals surface area (Å²) in [6.45, 7) is 3.41. The van der Waals surface area contributed by atoms with Crippen molar-refractivity contribution < 1.29 is 18.0 Å². The zero-order chi connectivity index (χ0) is 22.0. The van der Waals surface area contributed by atoms with Gasteiger partial charge in [0.25, 0.3) is 0 Å². The summed E-state index contributed by atoms with van der Waals surface area (Å²) in [5.74, 6) is -1.14. The topological polar surface area (TPSA) is 61.4 Å². The predicted molar refractivity (Wildman–Crippen MR) is 113 cm³/mol. The maximum atomic E-state index is 13.8. The molecule has 0 bridgehead atoms. The van der Waals surface area contributed by atoms with Crippen molar-refractivity contribution in [1.29, 1.82) is 0 Å². The number of piperazine rings is 1. The Bertz CT molecular complexity index is 1080. The number of urea groups is 1. The third-order valence-corrected chi connectivity index (χ3v) is 5.88. The minimum absolute atomic E-state index is 0.0596. The van der Waals surface area contributed by atoms with Crippen molar-refractivity contribution in [3.63, 3.8) is 0 Å². The molecule has 1 fully saturated rings. The van der Waals surface area contributed by atoms with E-state index in [9.17, 15) is 18.0 Å². The van der Waals surface area contributed by atoms with Crippen molar-refractivity contribution >= 4 is 28.4 Å². The molecule has 10 heteroatoms. The molecular formula is C21H20F3N5OS. The number of halogens is 3. The van der Waals surface area contributed by atoms with Gasteiger partial charge in [-0.2, -0.15) is 4.37 Å². The van der Waals surface area contributed by atoms with Gasteiger partial charge in [-0.3, -0.25) is 0 Å². The van der Waals surface area contributed by atoms with Gasteiger partial charge in [-0.15, -0.1) is 0 Å². The Balaban J connectivity index is 1.36. The van der Waals surface area contributed by atoms with E-state index in [0.29, 0.717) is 31.9 Å². The monoisotopic (exact) mass is 447 g/mol. The number of carbonyl (C=O) groups is 1. The smallest absolute Gasteiger partial charge is 0.322 e. The van der Waals surface area contributed by atoms with E-state index in [-0.39, 0.29) is 17.5 Å². The summed E-state index contributed by atoms with van der Waals surface area (Å²) in [5, 5.41) is 3.26. The molecule has 4 rings (SSSR count). The first kappa shape index (κ1) is 21.1. The lowest BCUT2D eigenvalue weighted by Crippen LogP contribution is -2.55. The van der Waals surface area contributed by atoms with Crippen LogP contribution in [-0.4, -0.2) is 46.0 Å². The first-order valence-corrected chi connectivity index (χ1v) is 10.5. The Hall–Kier alpha value is -3.14. The lowest BCUT2D eigenvalue weighted by atomic mass is 10.1. The maximum Gasteiger partial charge on any atom is 0.322 e. The van der Waals surface area contributed by atoms with Crippen LogP contribution in [0.25, 0.3) is 0 Å². The van der Waals surface area contributed by atoms with Crippen LogP contribution in [0.3, 0.4) is 0 Å². The summed E-state index contributed by atoms with van der Waals surface area (Å²) in [5.41, 5.74) is 0.865. The Morgan fingerprint density at radius 2 is 1.87 bits per heavy atom. The first-order chi connectivity index (χ1) is 14.9. The van der Waals surface area contributed by atoms with Crippen LogP contribution in [-0.2, 0) is 6.42 Å². The fourth-order valence-corrected chi connectivity index (χ4v) is 4.16. The third-order valence-electron chi connectivity index (χ3n) is 5.06. The van der Waals surface area contributed by atoms with E-state index in [1.54, 1.807) is 17.0 Å². The number of rotatable bonds is 4. The molecule has 1 aliphatic heterocycles. The largest absolute Gasteiger partial charge is 0.343 e. The minimum atomic E-state index is -0.817. The molecule has 2 heterocycles. The molecule has 1 N–H and O–H groups in total. The van der Waals surface area contributed by atoms with Gasteiger partial charge >= 0.3 is 6.03 Å². The van der Waals surface area contributed by atoms with Crippen molar-refractivity contribution in [2.45, 2.75) is 19.4 Å². The second-order valence-corrected chi connectivity index (χ2v) is 8.07. The zero-order valence-electron chi connectivity index (χ0n) is 16.7. The van der Waals surface area contributed by atoms with Gasteiger partial charge in [0, 0.05) is 49.7 Å². The molecule has 2 aromatic carbocycles. The number of amides is 2. The van der Waals surface area contributed by atoms with Gasteiger partial charge in [0.05, 0.1) is 5.69 Å². The molecule has 1 atom stereocenters. The van der Waals surface area contributed by atoms with Crippen LogP contribution >= 0.6 is 11.5 Å². The highest BCUT2D eigenvalue weighted by Gasteiger charge is 2.29. The molecule has 0 aliphatic carbocycles. The van der Waals surface area contributed by atoms with Crippen LogP contribution in [0.15, 0.2) is 42.5 Å². The highest BCUT2D eigenvalue weighted by atomic mass is 32.1. The highest BCUT2D eigenvalue weighted by Crippen LogP contribution is 2.23. The average molecular weight is 447 g/mol. The average Bonchev–Trinajstić information content (AvgIpc) is 3.20. The number of carbonyl (C=O) groups excluding carboxylic acids is 1. The highest BCUT2D eigenvalue weighted by molar-refractivity contribution is 7.09. The maximum absolute atomic E-state index is 13.8. The van der Waals surface area contributed by atoms with Gasteiger partial charge in [0.15, 0.2) is 0 Å². The van der Waals surface area contributed by atoms with Gasteiger partial charge < -0.3 is 15.1 Å². The number of nitrogens with one attached hydrogen (secondary N) is 1. The molecule has 2 amide bonds. The number of hydrogen-bond acceptors (Lipinski definition) is 5. The van der Waals surface area contributed by atoms with Crippen LogP contribution in [0.2, 0.25) is 0 Å². The molecule has 1 aromatic heterocycles. The van der Waals surface area contributed by atoms with Crippen LogP contribution in [0.4, 0.5) is 28.8 Å². The summed E-state index contributed by atoms with van der Waals surface area (Å²) < 4.78 is 44.3. The Labute approximate surface area is 181 Å². The Morgan fingerprint density at radius 3 is 2.58 bits per heavy atom. The van der Waals surface area contributed by atoms with Crippen LogP contribution in [0.1, 0.15) is 18.3 Å². The normalized spacial score (nSPS) is 16.5. The van der Waals surface area contributed by atoms with Crippen LogP contribution in [0, 0.1) is 17.5 Å². The molecule has 6 nitrogen and oxygen atoms in total. The van der Waals surface area contributed by atoms with E-state index in [0.717, 1.165) is 22.8 Å². The number of anilines is 2. The molecule has 0 spiro atoms. The lowest BCUT2D eigenvalue weighted by Gasteiger charge is -2.39. The van der Waals surface area contributed by atoms with Gasteiger partial charge in [0.2, 0.25) is 5.13 Å². The third kappa shape index (κ3) is 4.96. The van der Waals surface area contributed by atoms with Crippen molar-refractivity contribution in [2.24, 2.45) is 0 Å². The molecule has 1 aliphatic rings. The summed E-state index contributed by atoms with van der Waals surface area (Å²) in [7, 11) is 0. The molecule has 1 unspecified atom stereocenters. The molecule has 3 aromatic rings. The van der Waals surface area contributed by atoms with Crippen molar-refractivity contribution in [3.8, 4) is 0 Å². The summed E-state index contributed by atoms with van der Waals surface area (Å²) in [4.78, 5) is 20.8. The van der Waals surface area contributed by atoms with Crippen LogP contribution < -0.4 is 10.2 Å². The van der Waals surface area contributed by atoms with Crippen molar-refractivity contribution in [1.82, 2.24) is 14.3 Å². The van der Waals surface area contributed by atoms with Gasteiger partial charge in [-0.05, 0) is 36.8 Å². The fraction of sp³-hybridized carbons (Fsp3) is 0.286. The summed E-state index contributed by atoms with van der Waals surface area (Å²) in [6, 6.07) is 8.67. The zero-order valence-corrected chi connectivity index (χ0v) is 17.5. The molecule has 1 saturated heterocycles. The van der Waals surface area contributed by atoms with E-state index in [1.165, 1.54) is 29.7 Å². The lowest BCUT2D eigenvalue weighted by molar-refractivity contribution is 0.184. The standard InChI is InChI=1S/C21H20F3N5OS/c1-13-12-28(21-26-19(27-31-21)10-14-2-4-15(22)5-3-14)8-9-29(13)20(30)25-18-7-6-16(23)11-17(18)24/h2-7,11,13H,8-10,12H2,1H3,(H,25,30). The van der Waals surface area contributed by atoms with Gasteiger partial charge in [0.1, 0.15) is 23.3 Å². The van der Waals surface area contributed by atoms with Gasteiger partial charge in [-0.1, -0.05) is 12.1 Å². The summed E-state index contributed by atoms with van der Waals surface area (Å²) in [6.07, 6.45) is 0.512. The number of nitrogens with zero attached hydrogens (tertiary/aromatic N) is 4. The second-order valence-electron chi connectivity index (χ2n) is 7.34. The molecule has 0 radical (unpaired) electrons. The molecule has 0 saturated carbocycles. The number of hydrogen-bond donors (Lipinski definition) is 1. The van der Waals surface area contributed by atoms with E-state index < -0.39 is 17.7 Å². The molecular weight excluding hydrogens is 427 g/mol. The van der Waals surface area contributed by atoms with E-state index >= 15 is 0 Å². The first-order valence-electron chi connectivity index (χ1n) is 9.73. The Morgan fingerprint density at radius 1 is 1.13 bits per heavy atom. The molecule has 162 valence electrons. The summed E-state index contributed by atoms with van der Waals surface area (Å²) >= 11 is 1.28. The van der Waals surface area contributed by atoms with E-state index in [2.05, 4.69) is 19.6 Å². The molecule has 31 heavy (non-hydrogen) atoms. The second kappa shape index (κ2) is 8.93. The van der Waals surface area contributed by atoms with E-state index in [1.807, 2.05) is 6.92 Å². The van der Waals surface area contributed by atoms with E-state index in [4.69, 9.17) is 0 Å². The predicted octanol–water partition coefficient (Wildman–Crippen LogP) is 4.29. The fourth-order valence-electron chi connectivity index (χ4n) is 3.44.